The number of morpholine rings is 1. The van der Waals surface area contributed by atoms with Crippen molar-refractivity contribution in [1.29, 1.82) is 0 Å². The Bertz CT molecular complexity index is 621. The average Bonchev–Trinajstić information content (AvgIpc) is 3.22. The molecule has 7 heteroatoms. The Kier molecular flexibility index (Phi) is 8.78. The van der Waals surface area contributed by atoms with E-state index in [1.807, 2.05) is 18.4 Å². The van der Waals surface area contributed by atoms with E-state index in [-0.39, 0.29) is 6.10 Å². The highest BCUT2D eigenvalue weighted by Gasteiger charge is 2.31. The summed E-state index contributed by atoms with van der Waals surface area (Å²) in [6.07, 6.45) is 2.74. The quantitative estimate of drug-likeness (QED) is 0.524. The van der Waals surface area contributed by atoms with Gasteiger partial charge in [0.2, 0.25) is 0 Å². The van der Waals surface area contributed by atoms with Gasteiger partial charge in [0.15, 0.2) is 5.96 Å². The molecule has 2 N–H and O–H groups in total. The van der Waals surface area contributed by atoms with E-state index in [0.717, 1.165) is 45.3 Å². The van der Waals surface area contributed by atoms with Crippen molar-refractivity contribution >= 4 is 17.3 Å². The van der Waals surface area contributed by atoms with Gasteiger partial charge in [0.05, 0.1) is 12.7 Å². The number of nitrogens with zero attached hydrogens (tertiary/aromatic N) is 3. The predicted octanol–water partition coefficient (Wildman–Crippen LogP) is 2.65. The Labute approximate surface area is 180 Å². The molecule has 3 atom stereocenters. The van der Waals surface area contributed by atoms with Crippen molar-refractivity contribution in [3.8, 4) is 0 Å². The number of aliphatic imine (C=N–C) groups is 1. The summed E-state index contributed by atoms with van der Waals surface area (Å²) in [6.45, 7) is 11.5. The normalized spacial score (nSPS) is 27.3. The Morgan fingerprint density at radius 3 is 2.86 bits per heavy atom. The van der Waals surface area contributed by atoms with Crippen LogP contribution in [0.25, 0.3) is 0 Å². The number of ether oxygens (including phenoxy) is 1. The molecule has 3 rings (SSSR count). The van der Waals surface area contributed by atoms with E-state index in [9.17, 15) is 0 Å². The Hall–Kier alpha value is -1.15. The minimum absolute atomic E-state index is 0.223. The highest BCUT2D eigenvalue weighted by Crippen LogP contribution is 2.36. The molecule has 2 saturated heterocycles. The molecule has 0 bridgehead atoms. The summed E-state index contributed by atoms with van der Waals surface area (Å²) in [5.41, 5.74) is 0. The van der Waals surface area contributed by atoms with Crippen LogP contribution in [-0.4, -0.2) is 81.8 Å². The number of thiophene rings is 1. The van der Waals surface area contributed by atoms with Crippen LogP contribution in [0.15, 0.2) is 22.5 Å². The molecule has 0 aliphatic carbocycles. The molecule has 2 aliphatic rings. The molecule has 6 nitrogen and oxygen atoms in total. The summed E-state index contributed by atoms with van der Waals surface area (Å²) in [6, 6.07) is 4.95. The van der Waals surface area contributed by atoms with Gasteiger partial charge < -0.3 is 15.4 Å². The lowest BCUT2D eigenvalue weighted by molar-refractivity contribution is -0.0284. The Balaban J connectivity index is 1.47. The first kappa shape index (κ1) is 22.5. The van der Waals surface area contributed by atoms with Gasteiger partial charge in [-0.25, -0.2) is 0 Å². The molecule has 1 aromatic rings. The third kappa shape index (κ3) is 6.67. The second-order valence-electron chi connectivity index (χ2n) is 8.82. The highest BCUT2D eigenvalue weighted by atomic mass is 32.1. The molecule has 2 fully saturated rings. The number of guanidine groups is 1. The van der Waals surface area contributed by atoms with E-state index in [1.165, 1.54) is 24.3 Å². The van der Waals surface area contributed by atoms with Gasteiger partial charge >= 0.3 is 0 Å². The van der Waals surface area contributed by atoms with E-state index in [2.05, 4.69) is 63.8 Å². The molecule has 3 heterocycles. The van der Waals surface area contributed by atoms with Crippen molar-refractivity contribution in [2.45, 2.75) is 38.8 Å². The number of likely N-dealkylation sites (tertiary alicyclic amines) is 1. The van der Waals surface area contributed by atoms with Crippen molar-refractivity contribution in [3.05, 3.63) is 22.4 Å². The first-order chi connectivity index (χ1) is 14.1. The lowest BCUT2D eigenvalue weighted by atomic mass is 9.88. The first-order valence-electron chi connectivity index (χ1n) is 11.1. The number of nitrogens with one attached hydrogen (secondary N) is 2. The molecular weight excluding hydrogens is 382 g/mol. The fraction of sp³-hybridized carbons (Fsp3) is 0.773. The zero-order chi connectivity index (χ0) is 20.6. The zero-order valence-electron chi connectivity index (χ0n) is 18.6. The Morgan fingerprint density at radius 2 is 2.14 bits per heavy atom. The van der Waals surface area contributed by atoms with Crippen molar-refractivity contribution in [2.75, 3.05) is 60.0 Å². The van der Waals surface area contributed by atoms with E-state index in [0.29, 0.717) is 17.9 Å². The number of hydrogen-bond acceptors (Lipinski definition) is 5. The summed E-state index contributed by atoms with van der Waals surface area (Å²) in [4.78, 5) is 10.9. The lowest BCUT2D eigenvalue weighted by Gasteiger charge is -2.39. The van der Waals surface area contributed by atoms with Gasteiger partial charge in [0.25, 0.3) is 0 Å². The summed E-state index contributed by atoms with van der Waals surface area (Å²) in [7, 11) is 4.11. The van der Waals surface area contributed by atoms with E-state index < -0.39 is 0 Å². The standard InChI is InChI=1S/C22H39N5OS/c1-17(2)15-27-10-11-28-19(16-27)14-25-22(23-3)24-13-18-7-5-9-26(4)21(18)20-8-6-12-29-20/h6,8,12,17-19,21H,5,7,9-11,13-16H2,1-4H3,(H2,23,24,25). The fourth-order valence-electron chi connectivity index (χ4n) is 4.63. The fourth-order valence-corrected chi connectivity index (χ4v) is 5.61. The molecule has 0 saturated carbocycles. The Morgan fingerprint density at radius 1 is 1.31 bits per heavy atom. The zero-order valence-corrected chi connectivity index (χ0v) is 19.4. The van der Waals surface area contributed by atoms with Crippen LogP contribution in [0, 0.1) is 11.8 Å². The van der Waals surface area contributed by atoms with Gasteiger partial charge in [-0.1, -0.05) is 19.9 Å². The van der Waals surface area contributed by atoms with Gasteiger partial charge in [-0.3, -0.25) is 14.8 Å². The molecular formula is C22H39N5OS. The minimum Gasteiger partial charge on any atom is -0.374 e. The van der Waals surface area contributed by atoms with Gasteiger partial charge in [-0.15, -0.1) is 11.3 Å². The molecule has 0 spiro atoms. The maximum Gasteiger partial charge on any atom is 0.191 e. The monoisotopic (exact) mass is 421 g/mol. The largest absolute Gasteiger partial charge is 0.374 e. The smallest absolute Gasteiger partial charge is 0.191 e. The first-order valence-corrected chi connectivity index (χ1v) is 12.0. The van der Waals surface area contributed by atoms with E-state index >= 15 is 0 Å². The SMILES string of the molecule is CN=C(NCC1CN(CC(C)C)CCO1)NCC1CCCN(C)C1c1cccs1. The molecule has 0 radical (unpaired) electrons. The van der Waals surface area contributed by atoms with Crippen LogP contribution >= 0.6 is 11.3 Å². The number of rotatable bonds is 7. The molecule has 164 valence electrons. The van der Waals surface area contributed by atoms with Crippen LogP contribution in [0.1, 0.15) is 37.6 Å². The van der Waals surface area contributed by atoms with Crippen LogP contribution in [0.2, 0.25) is 0 Å². The highest BCUT2D eigenvalue weighted by molar-refractivity contribution is 7.10. The second kappa shape index (κ2) is 11.3. The van der Waals surface area contributed by atoms with Crippen LogP contribution < -0.4 is 10.6 Å². The van der Waals surface area contributed by atoms with Gasteiger partial charge in [0, 0.05) is 50.7 Å². The lowest BCUT2D eigenvalue weighted by Crippen LogP contribution is -2.51. The molecule has 3 unspecified atom stereocenters. The molecule has 1 aromatic heterocycles. The van der Waals surface area contributed by atoms with Gasteiger partial charge in [-0.05, 0) is 49.7 Å². The topological polar surface area (TPSA) is 52.1 Å². The van der Waals surface area contributed by atoms with Crippen molar-refractivity contribution < 1.29 is 4.74 Å². The van der Waals surface area contributed by atoms with Gasteiger partial charge in [-0.2, -0.15) is 0 Å². The summed E-state index contributed by atoms with van der Waals surface area (Å²) in [5, 5.41) is 9.26. The molecule has 29 heavy (non-hydrogen) atoms. The maximum absolute atomic E-state index is 5.97. The van der Waals surface area contributed by atoms with Crippen LogP contribution in [-0.2, 0) is 4.74 Å². The summed E-state index contributed by atoms with van der Waals surface area (Å²) < 4.78 is 5.97. The molecule has 2 aliphatic heterocycles. The van der Waals surface area contributed by atoms with Crippen molar-refractivity contribution in [3.63, 3.8) is 0 Å². The van der Waals surface area contributed by atoms with E-state index in [1.54, 1.807) is 0 Å². The third-order valence-corrected chi connectivity index (χ3v) is 6.88. The van der Waals surface area contributed by atoms with Crippen LogP contribution in [0.5, 0.6) is 0 Å². The van der Waals surface area contributed by atoms with Gasteiger partial charge in [0.1, 0.15) is 0 Å². The molecule has 0 amide bonds. The number of piperidine rings is 1. The van der Waals surface area contributed by atoms with E-state index in [4.69, 9.17) is 4.74 Å². The summed E-state index contributed by atoms with van der Waals surface area (Å²) in [5.74, 6) is 2.17. The van der Waals surface area contributed by atoms with Crippen LogP contribution in [0.3, 0.4) is 0 Å². The van der Waals surface area contributed by atoms with Crippen molar-refractivity contribution in [2.24, 2.45) is 16.8 Å². The molecule has 0 aromatic carbocycles. The number of hydrogen-bond donors (Lipinski definition) is 2. The minimum atomic E-state index is 0.223. The maximum atomic E-state index is 5.97. The predicted molar refractivity (Wildman–Crippen MR) is 123 cm³/mol. The summed E-state index contributed by atoms with van der Waals surface area (Å²) >= 11 is 1.87. The third-order valence-electron chi connectivity index (χ3n) is 5.94. The van der Waals surface area contributed by atoms with Crippen LogP contribution in [0.4, 0.5) is 0 Å². The average molecular weight is 422 g/mol. The van der Waals surface area contributed by atoms with Crippen molar-refractivity contribution in [1.82, 2.24) is 20.4 Å². The second-order valence-corrected chi connectivity index (χ2v) is 9.80.